The van der Waals surface area contributed by atoms with Crippen molar-refractivity contribution >= 4 is 32.8 Å². The fourth-order valence-electron chi connectivity index (χ4n) is 2.11. The molecule has 104 valence electrons. The number of carbonyl (C=O) groups is 1. The van der Waals surface area contributed by atoms with Gasteiger partial charge in [0.1, 0.15) is 6.61 Å². The fourth-order valence-corrected chi connectivity index (χ4v) is 2.57. The highest BCUT2D eigenvalue weighted by atomic mass is 79.9. The van der Waals surface area contributed by atoms with E-state index in [4.69, 9.17) is 4.74 Å². The summed E-state index contributed by atoms with van der Waals surface area (Å²) in [6.45, 7) is 0.203. The monoisotopic (exact) mass is 341 g/mol. The van der Waals surface area contributed by atoms with Crippen LogP contribution in [0.5, 0.6) is 0 Å². The van der Waals surface area contributed by atoms with E-state index in [1.807, 2.05) is 42.5 Å². The molecule has 3 rings (SSSR count). The molecule has 1 heterocycles. The summed E-state index contributed by atoms with van der Waals surface area (Å²) in [5, 5.41) is 1.01. The number of ether oxygens (including phenoxy) is 1. The van der Waals surface area contributed by atoms with Crippen LogP contribution in [-0.2, 0) is 11.3 Å². The van der Waals surface area contributed by atoms with Gasteiger partial charge in [0.05, 0.1) is 11.1 Å². The standard InChI is InChI=1S/C17H12BrNO2/c18-15-9-8-13(16-14(15)7-4-10-19-16)11-21-17(20)12-5-2-1-3-6-12/h1-10H,11H2. The van der Waals surface area contributed by atoms with Crippen molar-refractivity contribution in [1.82, 2.24) is 4.98 Å². The Morgan fingerprint density at radius 2 is 1.86 bits per heavy atom. The van der Waals surface area contributed by atoms with Crippen LogP contribution in [0.25, 0.3) is 10.9 Å². The van der Waals surface area contributed by atoms with E-state index in [1.165, 1.54) is 0 Å². The highest BCUT2D eigenvalue weighted by Gasteiger charge is 2.10. The minimum atomic E-state index is -0.331. The van der Waals surface area contributed by atoms with Crippen LogP contribution in [0, 0.1) is 0 Å². The minimum absolute atomic E-state index is 0.203. The highest BCUT2D eigenvalue weighted by Crippen LogP contribution is 2.25. The first-order valence-corrected chi connectivity index (χ1v) is 7.29. The number of benzene rings is 2. The predicted octanol–water partition coefficient (Wildman–Crippen LogP) is 4.35. The quantitative estimate of drug-likeness (QED) is 0.664. The van der Waals surface area contributed by atoms with Crippen LogP contribution in [-0.4, -0.2) is 11.0 Å². The van der Waals surface area contributed by atoms with E-state index < -0.39 is 0 Å². The van der Waals surface area contributed by atoms with Crippen molar-refractivity contribution < 1.29 is 9.53 Å². The van der Waals surface area contributed by atoms with Gasteiger partial charge in [-0.15, -0.1) is 0 Å². The van der Waals surface area contributed by atoms with Gasteiger partial charge >= 0.3 is 5.97 Å². The van der Waals surface area contributed by atoms with Crippen LogP contribution in [0.1, 0.15) is 15.9 Å². The van der Waals surface area contributed by atoms with Crippen LogP contribution < -0.4 is 0 Å². The number of hydrogen-bond donors (Lipinski definition) is 0. The molecule has 0 aliphatic carbocycles. The second kappa shape index (κ2) is 6.06. The lowest BCUT2D eigenvalue weighted by Gasteiger charge is -2.08. The molecule has 21 heavy (non-hydrogen) atoms. The summed E-state index contributed by atoms with van der Waals surface area (Å²) in [6, 6.07) is 16.7. The van der Waals surface area contributed by atoms with Crippen molar-refractivity contribution in [3.63, 3.8) is 0 Å². The van der Waals surface area contributed by atoms with Crippen molar-refractivity contribution in [2.24, 2.45) is 0 Å². The molecule has 0 atom stereocenters. The fraction of sp³-hybridized carbons (Fsp3) is 0.0588. The van der Waals surface area contributed by atoms with E-state index in [9.17, 15) is 4.79 Å². The number of aromatic nitrogens is 1. The number of hydrogen-bond acceptors (Lipinski definition) is 3. The Hall–Kier alpha value is -2.20. The SMILES string of the molecule is O=C(OCc1ccc(Br)c2cccnc12)c1ccccc1. The third-order valence-corrected chi connectivity index (χ3v) is 3.86. The number of rotatable bonds is 3. The van der Waals surface area contributed by atoms with Gasteiger partial charge in [-0.05, 0) is 24.3 Å². The number of esters is 1. The number of pyridine rings is 1. The molecular weight excluding hydrogens is 330 g/mol. The highest BCUT2D eigenvalue weighted by molar-refractivity contribution is 9.10. The van der Waals surface area contributed by atoms with Gasteiger partial charge in [-0.25, -0.2) is 4.79 Å². The molecule has 0 aliphatic heterocycles. The van der Waals surface area contributed by atoms with Crippen molar-refractivity contribution in [3.8, 4) is 0 Å². The molecule has 0 spiro atoms. The lowest BCUT2D eigenvalue weighted by molar-refractivity contribution is 0.0474. The molecule has 0 fully saturated rings. The summed E-state index contributed by atoms with van der Waals surface area (Å²) >= 11 is 3.50. The van der Waals surface area contributed by atoms with Gasteiger partial charge in [0.25, 0.3) is 0 Å². The molecule has 2 aromatic carbocycles. The zero-order chi connectivity index (χ0) is 14.7. The maximum atomic E-state index is 12.0. The van der Waals surface area contributed by atoms with Crippen LogP contribution >= 0.6 is 15.9 Å². The van der Waals surface area contributed by atoms with E-state index in [1.54, 1.807) is 18.3 Å². The third-order valence-electron chi connectivity index (χ3n) is 3.17. The molecule has 1 aromatic heterocycles. The van der Waals surface area contributed by atoms with Crippen molar-refractivity contribution in [2.45, 2.75) is 6.61 Å². The molecule has 0 saturated carbocycles. The summed E-state index contributed by atoms with van der Waals surface area (Å²) in [4.78, 5) is 16.3. The topological polar surface area (TPSA) is 39.2 Å². The molecular formula is C17H12BrNO2. The molecule has 0 amide bonds. The Kier molecular flexibility index (Phi) is 3.97. The molecule has 0 unspecified atom stereocenters. The number of halogens is 1. The second-order valence-corrected chi connectivity index (χ2v) is 5.40. The van der Waals surface area contributed by atoms with E-state index in [-0.39, 0.29) is 12.6 Å². The van der Waals surface area contributed by atoms with Crippen molar-refractivity contribution in [3.05, 3.63) is 76.4 Å². The summed E-state index contributed by atoms with van der Waals surface area (Å²) in [5.74, 6) is -0.331. The van der Waals surface area contributed by atoms with Gasteiger partial charge in [-0.3, -0.25) is 4.98 Å². The van der Waals surface area contributed by atoms with Gasteiger partial charge in [-0.1, -0.05) is 46.3 Å². The van der Waals surface area contributed by atoms with E-state index in [2.05, 4.69) is 20.9 Å². The molecule has 0 saturated heterocycles. The van der Waals surface area contributed by atoms with Gasteiger partial charge in [0.15, 0.2) is 0 Å². The average molecular weight is 342 g/mol. The second-order valence-electron chi connectivity index (χ2n) is 4.55. The van der Waals surface area contributed by atoms with Crippen molar-refractivity contribution in [2.75, 3.05) is 0 Å². The van der Waals surface area contributed by atoms with Crippen LogP contribution in [0.3, 0.4) is 0 Å². The zero-order valence-electron chi connectivity index (χ0n) is 11.1. The van der Waals surface area contributed by atoms with Gasteiger partial charge in [0, 0.05) is 21.6 Å². The van der Waals surface area contributed by atoms with E-state index >= 15 is 0 Å². The van der Waals surface area contributed by atoms with Crippen LogP contribution in [0.4, 0.5) is 0 Å². The van der Waals surface area contributed by atoms with Gasteiger partial charge < -0.3 is 4.74 Å². The lowest BCUT2D eigenvalue weighted by atomic mass is 10.1. The molecule has 0 N–H and O–H groups in total. The molecule has 0 aliphatic rings. The van der Waals surface area contributed by atoms with Crippen LogP contribution in [0.15, 0.2) is 65.3 Å². The first kappa shape index (κ1) is 13.8. The number of carbonyl (C=O) groups excluding carboxylic acids is 1. The van der Waals surface area contributed by atoms with Crippen LogP contribution in [0.2, 0.25) is 0 Å². The Balaban J connectivity index is 1.83. The lowest BCUT2D eigenvalue weighted by Crippen LogP contribution is -2.05. The number of fused-ring (bicyclic) bond motifs is 1. The molecule has 3 aromatic rings. The Bertz CT molecular complexity index is 787. The maximum absolute atomic E-state index is 12.0. The Morgan fingerprint density at radius 1 is 1.05 bits per heavy atom. The Morgan fingerprint density at radius 3 is 2.67 bits per heavy atom. The minimum Gasteiger partial charge on any atom is -0.457 e. The van der Waals surface area contributed by atoms with Gasteiger partial charge in [-0.2, -0.15) is 0 Å². The normalized spacial score (nSPS) is 10.5. The zero-order valence-corrected chi connectivity index (χ0v) is 12.7. The van der Waals surface area contributed by atoms with Gasteiger partial charge in [0.2, 0.25) is 0 Å². The molecule has 4 heteroatoms. The van der Waals surface area contributed by atoms with E-state index in [0.717, 1.165) is 20.9 Å². The summed E-state index contributed by atoms with van der Waals surface area (Å²) in [7, 11) is 0. The molecule has 3 nitrogen and oxygen atoms in total. The molecule has 0 bridgehead atoms. The van der Waals surface area contributed by atoms with E-state index in [0.29, 0.717) is 5.56 Å². The third kappa shape index (κ3) is 2.95. The Labute approximate surface area is 130 Å². The average Bonchev–Trinajstić information content (AvgIpc) is 2.55. The molecule has 0 radical (unpaired) electrons. The van der Waals surface area contributed by atoms with Crippen molar-refractivity contribution in [1.29, 1.82) is 0 Å². The summed E-state index contributed by atoms with van der Waals surface area (Å²) in [5.41, 5.74) is 2.28. The first-order valence-electron chi connectivity index (χ1n) is 6.50. The largest absolute Gasteiger partial charge is 0.457 e. The maximum Gasteiger partial charge on any atom is 0.338 e. The number of nitrogens with zero attached hydrogens (tertiary/aromatic N) is 1. The smallest absolute Gasteiger partial charge is 0.338 e. The predicted molar refractivity (Wildman–Crippen MR) is 85.0 cm³/mol. The summed E-state index contributed by atoms with van der Waals surface area (Å²) < 4.78 is 6.34. The first-order chi connectivity index (χ1) is 10.3. The summed E-state index contributed by atoms with van der Waals surface area (Å²) in [6.07, 6.45) is 1.73.